The Bertz CT molecular complexity index is 776. The van der Waals surface area contributed by atoms with Crippen molar-refractivity contribution in [3.05, 3.63) is 23.0 Å². The highest BCUT2D eigenvalue weighted by molar-refractivity contribution is 6.29. The molecule has 1 aliphatic carbocycles. The number of carbonyl (C=O) groups is 1. The van der Waals surface area contributed by atoms with Gasteiger partial charge in [0.1, 0.15) is 16.6 Å². The first-order valence-electron chi connectivity index (χ1n) is 7.37. The molecule has 1 aliphatic rings. The van der Waals surface area contributed by atoms with Crippen LogP contribution in [0.2, 0.25) is 5.15 Å². The summed E-state index contributed by atoms with van der Waals surface area (Å²) in [5.74, 6) is 0.504. The highest BCUT2D eigenvalue weighted by Gasteiger charge is 2.38. The first-order valence-corrected chi connectivity index (χ1v) is 7.75. The van der Waals surface area contributed by atoms with Crippen LogP contribution >= 0.6 is 11.6 Å². The summed E-state index contributed by atoms with van der Waals surface area (Å²) in [4.78, 5) is 18.4. The maximum atomic E-state index is 12.6. The van der Waals surface area contributed by atoms with Gasteiger partial charge in [0, 0.05) is 18.3 Å². The van der Waals surface area contributed by atoms with Crippen molar-refractivity contribution in [1.29, 1.82) is 5.41 Å². The molecule has 2 aromatic heterocycles. The van der Waals surface area contributed by atoms with Crippen LogP contribution in [0.1, 0.15) is 39.2 Å². The predicted molar refractivity (Wildman–Crippen MR) is 87.6 cm³/mol. The van der Waals surface area contributed by atoms with E-state index in [9.17, 15) is 4.79 Å². The third-order valence-electron chi connectivity index (χ3n) is 3.35. The number of hydrogen-bond donors (Lipinski definition) is 1. The second-order valence-corrected chi connectivity index (χ2v) is 6.89. The van der Waals surface area contributed by atoms with Gasteiger partial charge in [-0.05, 0) is 33.6 Å². The average Bonchev–Trinajstić information content (AvgIpc) is 3.16. The summed E-state index contributed by atoms with van der Waals surface area (Å²) in [6, 6.07) is 1.66. The Morgan fingerprint density at radius 1 is 1.52 bits per heavy atom. The molecular weight excluding hydrogens is 318 g/mol. The SMILES string of the molecule is CC(C)(C)OC(=O)N(c1cc(Cl)nc2c(C=N)cnn12)C1CC1. The lowest BCUT2D eigenvalue weighted by Gasteiger charge is -2.27. The van der Waals surface area contributed by atoms with Gasteiger partial charge in [-0.15, -0.1) is 0 Å². The maximum absolute atomic E-state index is 12.6. The Morgan fingerprint density at radius 2 is 2.22 bits per heavy atom. The number of anilines is 1. The molecule has 122 valence electrons. The number of rotatable bonds is 3. The molecule has 2 heterocycles. The number of hydrogen-bond acceptors (Lipinski definition) is 5. The Labute approximate surface area is 138 Å². The fourth-order valence-corrected chi connectivity index (χ4v) is 2.46. The van der Waals surface area contributed by atoms with E-state index < -0.39 is 11.7 Å². The quantitative estimate of drug-likeness (QED) is 0.689. The summed E-state index contributed by atoms with van der Waals surface area (Å²) in [5, 5.41) is 11.9. The van der Waals surface area contributed by atoms with Crippen molar-refractivity contribution in [2.75, 3.05) is 4.90 Å². The highest BCUT2D eigenvalue weighted by atomic mass is 35.5. The van der Waals surface area contributed by atoms with Gasteiger partial charge in [-0.2, -0.15) is 9.61 Å². The van der Waals surface area contributed by atoms with Gasteiger partial charge in [0.2, 0.25) is 0 Å². The molecule has 2 aromatic rings. The van der Waals surface area contributed by atoms with Crippen LogP contribution in [0.5, 0.6) is 0 Å². The van der Waals surface area contributed by atoms with Crippen LogP contribution in [-0.2, 0) is 4.74 Å². The summed E-state index contributed by atoms with van der Waals surface area (Å²) < 4.78 is 7.04. The minimum atomic E-state index is -0.593. The summed E-state index contributed by atoms with van der Waals surface area (Å²) in [6.07, 6.45) is 4.05. The van der Waals surface area contributed by atoms with Gasteiger partial charge < -0.3 is 10.1 Å². The van der Waals surface area contributed by atoms with Crippen molar-refractivity contribution in [1.82, 2.24) is 14.6 Å². The molecule has 1 amide bonds. The standard InChI is InChI=1S/C15H18ClN5O2/c1-15(2,3)23-14(22)20(10-4-5-10)12-6-11(16)19-13-9(7-17)8-18-21(12)13/h6-8,10,17H,4-5H2,1-3H3. The van der Waals surface area contributed by atoms with Gasteiger partial charge in [-0.1, -0.05) is 11.6 Å². The van der Waals surface area contributed by atoms with Crippen molar-refractivity contribution in [3.8, 4) is 0 Å². The third kappa shape index (κ3) is 3.14. The van der Waals surface area contributed by atoms with E-state index >= 15 is 0 Å². The van der Waals surface area contributed by atoms with Crippen LogP contribution in [0.3, 0.4) is 0 Å². The monoisotopic (exact) mass is 335 g/mol. The minimum Gasteiger partial charge on any atom is -0.443 e. The molecule has 1 N–H and O–H groups in total. The molecule has 1 saturated carbocycles. The van der Waals surface area contributed by atoms with Gasteiger partial charge in [0.25, 0.3) is 0 Å². The summed E-state index contributed by atoms with van der Waals surface area (Å²) in [6.45, 7) is 5.48. The van der Waals surface area contributed by atoms with E-state index in [2.05, 4.69) is 10.1 Å². The molecule has 0 radical (unpaired) electrons. The van der Waals surface area contributed by atoms with Crippen LogP contribution < -0.4 is 4.90 Å². The molecule has 3 rings (SSSR count). The number of halogens is 1. The maximum Gasteiger partial charge on any atom is 0.416 e. The van der Waals surface area contributed by atoms with Crippen LogP contribution in [-0.4, -0.2) is 38.5 Å². The zero-order chi connectivity index (χ0) is 16.8. The number of carbonyl (C=O) groups excluding carboxylic acids is 1. The molecular formula is C15H18ClN5O2. The number of aromatic nitrogens is 3. The van der Waals surface area contributed by atoms with Gasteiger partial charge >= 0.3 is 6.09 Å². The van der Waals surface area contributed by atoms with Gasteiger partial charge in [-0.3, -0.25) is 4.90 Å². The van der Waals surface area contributed by atoms with Crippen molar-refractivity contribution in [2.45, 2.75) is 45.3 Å². The average molecular weight is 336 g/mol. The van der Waals surface area contributed by atoms with E-state index in [1.54, 1.807) is 11.0 Å². The van der Waals surface area contributed by atoms with Crippen molar-refractivity contribution in [3.63, 3.8) is 0 Å². The summed E-state index contributed by atoms with van der Waals surface area (Å²) in [5.41, 5.74) is 0.384. The Balaban J connectivity index is 2.10. The van der Waals surface area contributed by atoms with E-state index in [1.807, 2.05) is 20.8 Å². The second-order valence-electron chi connectivity index (χ2n) is 6.50. The molecule has 0 spiro atoms. The summed E-state index contributed by atoms with van der Waals surface area (Å²) in [7, 11) is 0. The predicted octanol–water partition coefficient (Wildman–Crippen LogP) is 3.28. The largest absolute Gasteiger partial charge is 0.443 e. The zero-order valence-electron chi connectivity index (χ0n) is 13.2. The number of nitrogens with zero attached hydrogens (tertiary/aromatic N) is 4. The van der Waals surface area contributed by atoms with Crippen LogP contribution in [0.25, 0.3) is 5.65 Å². The molecule has 0 atom stereocenters. The van der Waals surface area contributed by atoms with Gasteiger partial charge in [0.15, 0.2) is 5.65 Å². The van der Waals surface area contributed by atoms with Crippen LogP contribution in [0, 0.1) is 5.41 Å². The first-order chi connectivity index (χ1) is 10.8. The van der Waals surface area contributed by atoms with Gasteiger partial charge in [-0.25, -0.2) is 9.78 Å². The minimum absolute atomic E-state index is 0.0687. The van der Waals surface area contributed by atoms with E-state index in [0.29, 0.717) is 17.0 Å². The molecule has 0 saturated heterocycles. The molecule has 1 fully saturated rings. The number of ether oxygens (including phenoxy) is 1. The molecule has 0 aromatic carbocycles. The van der Waals surface area contributed by atoms with E-state index in [-0.39, 0.29) is 11.2 Å². The highest BCUT2D eigenvalue weighted by Crippen LogP contribution is 2.34. The lowest BCUT2D eigenvalue weighted by Crippen LogP contribution is -2.39. The topological polar surface area (TPSA) is 83.6 Å². The fraction of sp³-hybridized carbons (Fsp3) is 0.467. The first kappa shape index (κ1) is 15.7. The van der Waals surface area contributed by atoms with E-state index in [0.717, 1.165) is 19.1 Å². The molecule has 0 aliphatic heterocycles. The Morgan fingerprint density at radius 3 is 2.78 bits per heavy atom. The van der Waals surface area contributed by atoms with E-state index in [1.165, 1.54) is 10.7 Å². The molecule has 23 heavy (non-hydrogen) atoms. The molecule has 0 bridgehead atoms. The van der Waals surface area contributed by atoms with Gasteiger partial charge in [0.05, 0.1) is 11.8 Å². The number of amides is 1. The fourth-order valence-electron chi connectivity index (χ4n) is 2.28. The Hall–Kier alpha value is -2.15. The molecule has 7 nitrogen and oxygen atoms in total. The normalized spacial score (nSPS) is 14.8. The van der Waals surface area contributed by atoms with E-state index in [4.69, 9.17) is 21.7 Å². The second kappa shape index (κ2) is 5.49. The number of nitrogens with one attached hydrogen (secondary N) is 1. The molecule has 8 heteroatoms. The van der Waals surface area contributed by atoms with Crippen molar-refractivity contribution >= 4 is 35.4 Å². The molecule has 0 unspecified atom stereocenters. The van der Waals surface area contributed by atoms with Crippen LogP contribution in [0.4, 0.5) is 10.6 Å². The third-order valence-corrected chi connectivity index (χ3v) is 3.55. The number of fused-ring (bicyclic) bond motifs is 1. The van der Waals surface area contributed by atoms with Crippen LogP contribution in [0.15, 0.2) is 12.3 Å². The zero-order valence-corrected chi connectivity index (χ0v) is 14.0. The lowest BCUT2D eigenvalue weighted by molar-refractivity contribution is 0.0576. The van der Waals surface area contributed by atoms with Crippen molar-refractivity contribution < 1.29 is 9.53 Å². The van der Waals surface area contributed by atoms with Crippen molar-refractivity contribution in [2.24, 2.45) is 0 Å². The smallest absolute Gasteiger partial charge is 0.416 e. The summed E-state index contributed by atoms with van der Waals surface area (Å²) >= 11 is 6.11. The Kier molecular flexibility index (Phi) is 3.75. The lowest BCUT2D eigenvalue weighted by atomic mass is 10.2.